The number of aryl methyl sites for hydroxylation is 1. The molecule has 0 saturated carbocycles. The molecule has 0 saturated heterocycles. The second-order valence-electron chi connectivity index (χ2n) is 5.45. The highest BCUT2D eigenvalue weighted by molar-refractivity contribution is 7.90. The molecular formula is C14H20N2O3S. The van der Waals surface area contributed by atoms with E-state index in [1.165, 1.54) is 0 Å². The smallest absolute Gasteiger partial charge is 0.299 e. The minimum atomic E-state index is -3.64. The third-order valence-electron chi connectivity index (χ3n) is 2.23. The summed E-state index contributed by atoms with van der Waals surface area (Å²) in [6.07, 6.45) is 0. The zero-order valence-corrected chi connectivity index (χ0v) is 12.9. The molecule has 0 aromatic heterocycles. The number of hydrogen-bond acceptors (Lipinski definition) is 3. The summed E-state index contributed by atoms with van der Waals surface area (Å²) in [6, 6.07) is 5.08. The Morgan fingerprint density at radius 2 is 1.95 bits per heavy atom. The molecule has 0 aliphatic heterocycles. The summed E-state index contributed by atoms with van der Waals surface area (Å²) in [5.74, 6) is 5.33. The molecule has 0 amide bonds. The van der Waals surface area contributed by atoms with Crippen LogP contribution in [0.1, 0.15) is 31.9 Å². The molecule has 5 nitrogen and oxygen atoms in total. The van der Waals surface area contributed by atoms with Crippen LogP contribution in [0.15, 0.2) is 18.2 Å². The third kappa shape index (κ3) is 5.61. The molecule has 1 rings (SSSR count). The van der Waals surface area contributed by atoms with Crippen molar-refractivity contribution in [1.82, 2.24) is 4.72 Å². The normalized spacial score (nSPS) is 11.7. The summed E-state index contributed by atoms with van der Waals surface area (Å²) in [5, 5.41) is 8.71. The number of anilines is 1. The second-order valence-corrected chi connectivity index (χ2v) is 6.86. The zero-order valence-electron chi connectivity index (χ0n) is 12.1. The van der Waals surface area contributed by atoms with E-state index in [0.29, 0.717) is 11.3 Å². The second kappa shape index (κ2) is 6.27. The summed E-state index contributed by atoms with van der Waals surface area (Å²) in [7, 11) is -3.64. The Morgan fingerprint density at radius 1 is 1.30 bits per heavy atom. The van der Waals surface area contributed by atoms with Crippen LogP contribution in [0.3, 0.4) is 0 Å². The Hall–Kier alpha value is -1.55. The molecule has 0 bridgehead atoms. The highest BCUT2D eigenvalue weighted by Crippen LogP contribution is 2.16. The van der Waals surface area contributed by atoms with E-state index in [9.17, 15) is 8.42 Å². The topological polar surface area (TPSA) is 78.4 Å². The van der Waals surface area contributed by atoms with Crippen molar-refractivity contribution in [2.24, 2.45) is 0 Å². The van der Waals surface area contributed by atoms with Crippen LogP contribution in [-0.4, -0.2) is 25.7 Å². The van der Waals surface area contributed by atoms with Crippen LogP contribution < -0.4 is 9.44 Å². The van der Waals surface area contributed by atoms with Crippen LogP contribution in [0.4, 0.5) is 5.69 Å². The number of aliphatic hydroxyl groups is 1. The van der Waals surface area contributed by atoms with Crippen molar-refractivity contribution in [2.45, 2.75) is 33.2 Å². The van der Waals surface area contributed by atoms with Gasteiger partial charge in [0.25, 0.3) is 10.2 Å². The minimum Gasteiger partial charge on any atom is -0.384 e. The van der Waals surface area contributed by atoms with Gasteiger partial charge in [-0.25, -0.2) is 0 Å². The van der Waals surface area contributed by atoms with Gasteiger partial charge in [-0.1, -0.05) is 17.9 Å². The molecule has 0 aliphatic carbocycles. The first kappa shape index (κ1) is 16.5. The summed E-state index contributed by atoms with van der Waals surface area (Å²) in [4.78, 5) is 0. The molecule has 0 radical (unpaired) electrons. The largest absolute Gasteiger partial charge is 0.384 e. The predicted molar refractivity (Wildman–Crippen MR) is 80.6 cm³/mol. The summed E-state index contributed by atoms with van der Waals surface area (Å²) in [6.45, 7) is 6.92. The molecule has 20 heavy (non-hydrogen) atoms. The van der Waals surface area contributed by atoms with Crippen LogP contribution in [0.2, 0.25) is 0 Å². The first-order chi connectivity index (χ1) is 9.13. The van der Waals surface area contributed by atoms with Crippen LogP contribution in [0.25, 0.3) is 0 Å². The molecule has 0 heterocycles. The van der Waals surface area contributed by atoms with Crippen LogP contribution >= 0.6 is 0 Å². The fraction of sp³-hybridized carbons (Fsp3) is 0.429. The number of hydrogen-bond donors (Lipinski definition) is 3. The van der Waals surface area contributed by atoms with Crippen molar-refractivity contribution in [3.05, 3.63) is 29.3 Å². The van der Waals surface area contributed by atoms with Gasteiger partial charge in [-0.15, -0.1) is 0 Å². The summed E-state index contributed by atoms with van der Waals surface area (Å²) < 4.78 is 28.8. The van der Waals surface area contributed by atoms with Gasteiger partial charge >= 0.3 is 0 Å². The Bertz CT molecular complexity index is 635. The average Bonchev–Trinajstić information content (AvgIpc) is 2.26. The van der Waals surface area contributed by atoms with Crippen molar-refractivity contribution >= 4 is 15.9 Å². The van der Waals surface area contributed by atoms with E-state index in [0.717, 1.165) is 5.56 Å². The lowest BCUT2D eigenvalue weighted by Crippen LogP contribution is -2.43. The van der Waals surface area contributed by atoms with E-state index in [-0.39, 0.29) is 6.61 Å². The van der Waals surface area contributed by atoms with Crippen molar-refractivity contribution in [3.63, 3.8) is 0 Å². The maximum absolute atomic E-state index is 11.9. The Labute approximate surface area is 120 Å². The summed E-state index contributed by atoms with van der Waals surface area (Å²) in [5.41, 5.74) is 1.46. The van der Waals surface area contributed by atoms with Gasteiger partial charge in [0.15, 0.2) is 0 Å². The lowest BCUT2D eigenvalue weighted by atomic mass is 10.1. The molecule has 0 fully saturated rings. The van der Waals surface area contributed by atoms with Gasteiger partial charge in [-0.05, 0) is 45.4 Å². The maximum atomic E-state index is 11.9. The number of benzene rings is 1. The van der Waals surface area contributed by atoms with Gasteiger partial charge < -0.3 is 5.11 Å². The molecule has 1 aromatic rings. The molecule has 0 aliphatic rings. The monoisotopic (exact) mass is 296 g/mol. The molecule has 6 heteroatoms. The molecule has 1 aromatic carbocycles. The van der Waals surface area contributed by atoms with Crippen LogP contribution in [0, 0.1) is 18.8 Å². The standard InChI is InChI=1S/C14H20N2O3S/c1-11-7-8-13(10-12(11)6-5-9-17)15-20(18,19)16-14(2,3)4/h7-8,10,15-17H,9H2,1-4H3. The maximum Gasteiger partial charge on any atom is 0.299 e. The fourth-order valence-electron chi connectivity index (χ4n) is 1.54. The van der Waals surface area contributed by atoms with Gasteiger partial charge in [0.2, 0.25) is 0 Å². The third-order valence-corrected chi connectivity index (χ3v) is 3.62. The van der Waals surface area contributed by atoms with Gasteiger partial charge in [0, 0.05) is 11.1 Å². The molecule has 0 atom stereocenters. The van der Waals surface area contributed by atoms with Gasteiger partial charge in [0.05, 0.1) is 5.69 Å². The van der Waals surface area contributed by atoms with Gasteiger partial charge in [0.1, 0.15) is 6.61 Å². The van der Waals surface area contributed by atoms with Gasteiger partial charge in [-0.2, -0.15) is 13.1 Å². The highest BCUT2D eigenvalue weighted by Gasteiger charge is 2.19. The molecule has 3 N–H and O–H groups in total. The van der Waals surface area contributed by atoms with E-state index in [4.69, 9.17) is 5.11 Å². The van der Waals surface area contributed by atoms with E-state index >= 15 is 0 Å². The predicted octanol–water partition coefficient (Wildman–Crippen LogP) is 1.38. The molecule has 0 spiro atoms. The lowest BCUT2D eigenvalue weighted by molar-refractivity contribution is 0.350. The van der Waals surface area contributed by atoms with Gasteiger partial charge in [-0.3, -0.25) is 4.72 Å². The molecule has 110 valence electrons. The molecular weight excluding hydrogens is 276 g/mol. The number of nitrogens with one attached hydrogen (secondary N) is 2. The van der Waals surface area contributed by atoms with Crippen LogP contribution in [0.5, 0.6) is 0 Å². The Balaban J connectivity index is 2.99. The number of rotatable bonds is 3. The SMILES string of the molecule is Cc1ccc(NS(=O)(=O)NC(C)(C)C)cc1C#CCO. The van der Waals surface area contributed by atoms with Crippen molar-refractivity contribution in [3.8, 4) is 11.8 Å². The Kier molecular flexibility index (Phi) is 5.17. The van der Waals surface area contributed by atoms with Crippen molar-refractivity contribution in [1.29, 1.82) is 0 Å². The zero-order chi connectivity index (χ0) is 15.4. The quantitative estimate of drug-likeness (QED) is 0.737. The van der Waals surface area contributed by atoms with Crippen LogP contribution in [-0.2, 0) is 10.2 Å². The van der Waals surface area contributed by atoms with Crippen molar-refractivity contribution in [2.75, 3.05) is 11.3 Å². The van der Waals surface area contributed by atoms with Crippen molar-refractivity contribution < 1.29 is 13.5 Å². The van der Waals surface area contributed by atoms with E-state index in [2.05, 4.69) is 21.3 Å². The Morgan fingerprint density at radius 3 is 2.50 bits per heavy atom. The first-order valence-corrected chi connectivity index (χ1v) is 7.63. The molecule has 0 unspecified atom stereocenters. The average molecular weight is 296 g/mol. The summed E-state index contributed by atoms with van der Waals surface area (Å²) >= 11 is 0. The van der Waals surface area contributed by atoms with E-state index in [1.54, 1.807) is 39.0 Å². The first-order valence-electron chi connectivity index (χ1n) is 6.15. The highest BCUT2D eigenvalue weighted by atomic mass is 32.2. The lowest BCUT2D eigenvalue weighted by Gasteiger charge is -2.21. The van der Waals surface area contributed by atoms with E-state index < -0.39 is 15.7 Å². The van der Waals surface area contributed by atoms with E-state index in [1.807, 2.05) is 6.92 Å². The number of aliphatic hydroxyl groups excluding tert-OH is 1. The minimum absolute atomic E-state index is 0.235. The fourth-order valence-corrected chi connectivity index (χ4v) is 2.83.